The quantitative estimate of drug-likeness (QED) is 0.623. The predicted octanol–water partition coefficient (Wildman–Crippen LogP) is 2.80. The second-order valence-electron chi connectivity index (χ2n) is 9.03. The summed E-state index contributed by atoms with van der Waals surface area (Å²) >= 11 is 0. The van der Waals surface area contributed by atoms with E-state index in [9.17, 15) is 14.9 Å². The molecule has 1 aliphatic carbocycles. The van der Waals surface area contributed by atoms with Crippen LogP contribution in [0.5, 0.6) is 0 Å². The van der Waals surface area contributed by atoms with E-state index in [1.807, 2.05) is 52.9 Å². The van der Waals surface area contributed by atoms with Crippen LogP contribution in [0.3, 0.4) is 0 Å². The number of para-hydroxylation sites is 1. The minimum absolute atomic E-state index is 0.133. The molecule has 2 aromatic rings. The van der Waals surface area contributed by atoms with Gasteiger partial charge in [-0.2, -0.15) is 5.26 Å². The van der Waals surface area contributed by atoms with E-state index in [0.717, 1.165) is 45.8 Å². The molecule has 0 spiro atoms. The first-order valence-corrected chi connectivity index (χ1v) is 11.3. The Labute approximate surface area is 190 Å². The van der Waals surface area contributed by atoms with Gasteiger partial charge in [0, 0.05) is 17.4 Å². The fourth-order valence-corrected chi connectivity index (χ4v) is 4.69. The summed E-state index contributed by atoms with van der Waals surface area (Å²) in [5, 5.41) is 15.7. The van der Waals surface area contributed by atoms with Crippen molar-refractivity contribution in [1.82, 2.24) is 4.57 Å². The van der Waals surface area contributed by atoms with Crippen molar-refractivity contribution in [3.05, 3.63) is 46.1 Å². The van der Waals surface area contributed by atoms with Crippen LogP contribution in [-0.4, -0.2) is 36.5 Å². The lowest BCUT2D eigenvalue weighted by Crippen LogP contribution is -3.11. The molecule has 1 aromatic carbocycles. The standard InChI is InChI=1S/C25H33N5O2/c1-16-9-8-10-17(2)24(16)27-22(31)14-29(5)15-23(32)28-25-21(13-26)18(3)19(4)30(25)20-11-6-7-12-20/h8-10,20H,6-7,11-12,14-15H2,1-5H3,(H,27,31)(H,28,32)/p+1. The van der Waals surface area contributed by atoms with Crippen molar-refractivity contribution < 1.29 is 14.5 Å². The zero-order chi connectivity index (χ0) is 23.4. The molecule has 0 bridgehead atoms. The molecule has 0 radical (unpaired) electrons. The minimum atomic E-state index is -0.199. The first-order chi connectivity index (χ1) is 15.2. The third kappa shape index (κ3) is 5.03. The zero-order valence-corrected chi connectivity index (χ0v) is 19.8. The number of carbonyl (C=O) groups is 2. The van der Waals surface area contributed by atoms with E-state index in [-0.39, 0.29) is 24.9 Å². The monoisotopic (exact) mass is 436 g/mol. The molecule has 1 aromatic heterocycles. The van der Waals surface area contributed by atoms with Crippen LogP contribution >= 0.6 is 0 Å². The van der Waals surface area contributed by atoms with Gasteiger partial charge >= 0.3 is 0 Å². The van der Waals surface area contributed by atoms with Gasteiger partial charge in [0.25, 0.3) is 11.8 Å². The highest BCUT2D eigenvalue weighted by Crippen LogP contribution is 2.37. The van der Waals surface area contributed by atoms with Crippen molar-refractivity contribution in [2.24, 2.45) is 0 Å². The summed E-state index contributed by atoms with van der Waals surface area (Å²) in [6, 6.07) is 8.47. The number of anilines is 2. The molecule has 3 N–H and O–H groups in total. The third-order valence-electron chi connectivity index (χ3n) is 6.49. The van der Waals surface area contributed by atoms with Gasteiger partial charge in [0.1, 0.15) is 11.9 Å². The molecular weight excluding hydrogens is 402 g/mol. The summed E-state index contributed by atoms with van der Waals surface area (Å²) in [6.45, 7) is 8.18. The van der Waals surface area contributed by atoms with Crippen LogP contribution in [0.25, 0.3) is 0 Å². The summed E-state index contributed by atoms with van der Waals surface area (Å²) in [5.74, 6) is 0.272. The summed E-state index contributed by atoms with van der Waals surface area (Å²) in [4.78, 5) is 26.1. The van der Waals surface area contributed by atoms with Crippen LogP contribution in [0.2, 0.25) is 0 Å². The topological polar surface area (TPSA) is 91.4 Å². The van der Waals surface area contributed by atoms with Gasteiger partial charge in [0.15, 0.2) is 13.1 Å². The van der Waals surface area contributed by atoms with Gasteiger partial charge in [0.2, 0.25) is 0 Å². The van der Waals surface area contributed by atoms with Crippen LogP contribution in [0.15, 0.2) is 18.2 Å². The zero-order valence-electron chi connectivity index (χ0n) is 19.8. The number of amides is 2. The fraction of sp³-hybridized carbons (Fsp3) is 0.480. The number of nitrogens with one attached hydrogen (secondary N) is 3. The van der Waals surface area contributed by atoms with Gasteiger partial charge in [-0.3, -0.25) is 9.59 Å². The number of likely N-dealkylation sites (N-methyl/N-ethyl adjacent to an activating group) is 1. The fourth-order valence-electron chi connectivity index (χ4n) is 4.69. The molecule has 1 saturated carbocycles. The molecule has 1 unspecified atom stereocenters. The molecule has 1 aliphatic rings. The van der Waals surface area contributed by atoms with Crippen molar-refractivity contribution in [2.75, 3.05) is 30.8 Å². The van der Waals surface area contributed by atoms with E-state index in [1.54, 1.807) is 0 Å². The van der Waals surface area contributed by atoms with Crippen molar-refractivity contribution >= 4 is 23.3 Å². The van der Waals surface area contributed by atoms with Gasteiger partial charge in [-0.15, -0.1) is 0 Å². The van der Waals surface area contributed by atoms with Gasteiger partial charge in [-0.25, -0.2) is 0 Å². The average Bonchev–Trinajstić information content (AvgIpc) is 3.32. The summed E-state index contributed by atoms with van der Waals surface area (Å²) < 4.78 is 2.14. The van der Waals surface area contributed by atoms with Crippen molar-refractivity contribution in [3.8, 4) is 6.07 Å². The summed E-state index contributed by atoms with van der Waals surface area (Å²) in [6.07, 6.45) is 4.45. The number of quaternary nitrogens is 1. The van der Waals surface area contributed by atoms with E-state index in [2.05, 4.69) is 21.3 Å². The van der Waals surface area contributed by atoms with Crippen LogP contribution in [0, 0.1) is 39.0 Å². The Balaban J connectivity index is 1.66. The number of benzene rings is 1. The van der Waals surface area contributed by atoms with E-state index in [4.69, 9.17) is 0 Å². The Morgan fingerprint density at radius 3 is 2.19 bits per heavy atom. The average molecular weight is 437 g/mol. The molecule has 0 saturated heterocycles. The highest BCUT2D eigenvalue weighted by molar-refractivity contribution is 5.94. The van der Waals surface area contributed by atoms with Crippen LogP contribution in [0.1, 0.15) is 59.7 Å². The Morgan fingerprint density at radius 2 is 1.62 bits per heavy atom. The summed E-state index contributed by atoms with van der Waals surface area (Å²) in [5.41, 5.74) is 5.34. The largest absolute Gasteiger partial charge is 0.327 e. The highest BCUT2D eigenvalue weighted by atomic mass is 16.2. The molecule has 7 nitrogen and oxygen atoms in total. The Hall–Kier alpha value is -3.11. The number of nitrogens with zero attached hydrogens (tertiary/aromatic N) is 2. The molecule has 1 heterocycles. The normalized spacial score (nSPS) is 14.8. The number of hydrogen-bond donors (Lipinski definition) is 3. The van der Waals surface area contributed by atoms with Crippen LogP contribution in [0.4, 0.5) is 11.5 Å². The molecule has 32 heavy (non-hydrogen) atoms. The van der Waals surface area contributed by atoms with Gasteiger partial charge < -0.3 is 20.1 Å². The number of hydrogen-bond acceptors (Lipinski definition) is 3. The van der Waals surface area contributed by atoms with E-state index in [1.165, 1.54) is 12.8 Å². The van der Waals surface area contributed by atoms with Gasteiger partial charge in [-0.1, -0.05) is 31.0 Å². The molecule has 7 heteroatoms. The predicted molar refractivity (Wildman–Crippen MR) is 126 cm³/mol. The molecule has 0 aliphatic heterocycles. The molecule has 1 atom stereocenters. The number of rotatable bonds is 7. The Bertz CT molecular complexity index is 1040. The number of carbonyl (C=O) groups excluding carboxylic acids is 2. The number of nitriles is 1. The molecule has 1 fully saturated rings. The lowest BCUT2D eigenvalue weighted by molar-refractivity contribution is -0.862. The highest BCUT2D eigenvalue weighted by Gasteiger charge is 2.27. The van der Waals surface area contributed by atoms with Crippen molar-refractivity contribution in [1.29, 1.82) is 5.26 Å². The second-order valence-corrected chi connectivity index (χ2v) is 9.03. The molecular formula is C25H34N5O2+. The maximum atomic E-state index is 12.8. The molecule has 3 rings (SSSR count). The summed E-state index contributed by atoms with van der Waals surface area (Å²) in [7, 11) is 1.82. The number of aryl methyl sites for hydroxylation is 2. The Kier molecular flexibility index (Phi) is 7.37. The lowest BCUT2D eigenvalue weighted by atomic mass is 10.1. The number of aromatic nitrogens is 1. The van der Waals surface area contributed by atoms with Crippen LogP contribution < -0.4 is 15.5 Å². The second kappa shape index (κ2) is 10.0. The first-order valence-electron chi connectivity index (χ1n) is 11.3. The van der Waals surface area contributed by atoms with E-state index < -0.39 is 0 Å². The SMILES string of the molecule is Cc1cccc(C)c1NC(=O)C[NH+](C)CC(=O)Nc1c(C#N)c(C)c(C)n1C1CCCC1. The van der Waals surface area contributed by atoms with Crippen molar-refractivity contribution in [2.45, 2.75) is 59.4 Å². The Morgan fingerprint density at radius 1 is 1.06 bits per heavy atom. The van der Waals surface area contributed by atoms with Gasteiger partial charge in [-0.05, 0) is 57.2 Å². The maximum absolute atomic E-state index is 12.8. The third-order valence-corrected chi connectivity index (χ3v) is 6.49. The van der Waals surface area contributed by atoms with Crippen LogP contribution in [-0.2, 0) is 9.59 Å². The van der Waals surface area contributed by atoms with E-state index in [0.29, 0.717) is 17.4 Å². The molecule has 170 valence electrons. The van der Waals surface area contributed by atoms with Gasteiger partial charge in [0.05, 0.1) is 12.6 Å². The lowest BCUT2D eigenvalue weighted by Gasteiger charge is -2.20. The van der Waals surface area contributed by atoms with E-state index >= 15 is 0 Å². The smallest absolute Gasteiger partial charge is 0.280 e. The van der Waals surface area contributed by atoms with Crippen molar-refractivity contribution in [3.63, 3.8) is 0 Å². The first kappa shape index (κ1) is 23.6. The maximum Gasteiger partial charge on any atom is 0.280 e. The molecule has 2 amide bonds. The minimum Gasteiger partial charge on any atom is -0.327 e.